The number of benzene rings is 1. The molecule has 0 spiro atoms. The Kier molecular flexibility index (Phi) is 5.46. The SMILES string of the molecule is CC[C@@H](NS(=O)(=O)c1c(Cl)cc(Cl)cc1Cl)C(=O)O. The fourth-order valence-corrected chi connectivity index (χ4v) is 4.16. The van der Waals surface area contributed by atoms with Crippen molar-refractivity contribution in [3.05, 3.63) is 27.2 Å². The first-order valence-corrected chi connectivity index (χ1v) is 7.70. The highest BCUT2D eigenvalue weighted by Gasteiger charge is 2.28. The first-order chi connectivity index (χ1) is 8.69. The summed E-state index contributed by atoms with van der Waals surface area (Å²) in [5.41, 5.74) is 0. The molecule has 0 heterocycles. The zero-order chi connectivity index (χ0) is 14.8. The quantitative estimate of drug-likeness (QED) is 0.858. The van der Waals surface area contributed by atoms with Gasteiger partial charge in [0.15, 0.2) is 0 Å². The van der Waals surface area contributed by atoms with Crippen molar-refractivity contribution in [2.75, 3.05) is 0 Å². The lowest BCUT2D eigenvalue weighted by molar-refractivity contribution is -0.139. The summed E-state index contributed by atoms with van der Waals surface area (Å²) in [5.74, 6) is -1.28. The van der Waals surface area contributed by atoms with Crippen LogP contribution in [-0.4, -0.2) is 25.5 Å². The summed E-state index contributed by atoms with van der Waals surface area (Å²) in [5, 5.41) is 8.68. The van der Waals surface area contributed by atoms with Crippen LogP contribution >= 0.6 is 34.8 Å². The molecule has 1 rings (SSSR count). The van der Waals surface area contributed by atoms with Gasteiger partial charge in [-0.15, -0.1) is 0 Å². The average Bonchev–Trinajstić information content (AvgIpc) is 2.23. The third kappa shape index (κ3) is 3.97. The van der Waals surface area contributed by atoms with Gasteiger partial charge in [-0.25, -0.2) is 8.42 Å². The fourth-order valence-electron chi connectivity index (χ4n) is 1.34. The number of halogens is 3. The number of aliphatic carboxylic acids is 1. The van der Waals surface area contributed by atoms with Crippen LogP contribution in [0.15, 0.2) is 17.0 Å². The molecule has 1 aromatic carbocycles. The Morgan fingerprint density at radius 3 is 2.16 bits per heavy atom. The number of carboxylic acids is 1. The van der Waals surface area contributed by atoms with Gasteiger partial charge in [0.05, 0.1) is 10.0 Å². The van der Waals surface area contributed by atoms with Gasteiger partial charge < -0.3 is 5.11 Å². The standard InChI is InChI=1S/C10H10Cl3NO4S/c1-2-8(10(15)16)14-19(17,18)9-6(12)3-5(11)4-7(9)13/h3-4,8,14H,2H2,1H3,(H,15,16)/t8-/m1/s1. The predicted molar refractivity (Wildman–Crippen MR) is 73.5 cm³/mol. The first-order valence-electron chi connectivity index (χ1n) is 5.08. The van der Waals surface area contributed by atoms with Crippen molar-refractivity contribution in [2.24, 2.45) is 0 Å². The molecule has 0 aliphatic carbocycles. The first kappa shape index (κ1) is 16.5. The topological polar surface area (TPSA) is 83.5 Å². The molecular formula is C10H10Cl3NO4S. The minimum atomic E-state index is -4.15. The van der Waals surface area contributed by atoms with E-state index in [0.717, 1.165) is 0 Å². The summed E-state index contributed by atoms with van der Waals surface area (Å²) in [6, 6.07) is 1.17. The summed E-state index contributed by atoms with van der Waals surface area (Å²) >= 11 is 17.3. The summed E-state index contributed by atoms with van der Waals surface area (Å²) in [6.07, 6.45) is 0.0807. The van der Waals surface area contributed by atoms with E-state index in [0.29, 0.717) is 0 Å². The Morgan fingerprint density at radius 1 is 1.32 bits per heavy atom. The molecule has 0 unspecified atom stereocenters. The molecule has 0 bridgehead atoms. The molecule has 0 aromatic heterocycles. The van der Waals surface area contributed by atoms with Crippen LogP contribution in [0.4, 0.5) is 0 Å². The van der Waals surface area contributed by atoms with Crippen molar-refractivity contribution in [2.45, 2.75) is 24.3 Å². The Balaban J connectivity index is 3.25. The number of hydrogen-bond donors (Lipinski definition) is 2. The van der Waals surface area contributed by atoms with Crippen LogP contribution in [0.2, 0.25) is 15.1 Å². The van der Waals surface area contributed by atoms with Crippen molar-refractivity contribution in [1.29, 1.82) is 0 Å². The zero-order valence-electron chi connectivity index (χ0n) is 9.65. The number of carboxylic acid groups (broad SMARTS) is 1. The molecule has 9 heteroatoms. The Hall–Kier alpha value is -0.530. The van der Waals surface area contributed by atoms with Crippen molar-refractivity contribution >= 4 is 50.8 Å². The van der Waals surface area contributed by atoms with E-state index in [1.807, 2.05) is 4.72 Å². The Morgan fingerprint density at radius 2 is 1.79 bits per heavy atom. The highest BCUT2D eigenvalue weighted by atomic mass is 35.5. The van der Waals surface area contributed by atoms with Gasteiger partial charge in [0.25, 0.3) is 0 Å². The number of nitrogens with one attached hydrogen (secondary N) is 1. The fraction of sp³-hybridized carbons (Fsp3) is 0.300. The van der Waals surface area contributed by atoms with Crippen LogP contribution in [0.5, 0.6) is 0 Å². The van der Waals surface area contributed by atoms with E-state index in [1.165, 1.54) is 19.1 Å². The van der Waals surface area contributed by atoms with Crippen LogP contribution < -0.4 is 4.72 Å². The normalized spacial score (nSPS) is 13.3. The van der Waals surface area contributed by atoms with Gasteiger partial charge in [0.1, 0.15) is 10.9 Å². The van der Waals surface area contributed by atoms with Gasteiger partial charge in [0.2, 0.25) is 10.0 Å². The molecule has 2 N–H and O–H groups in total. The van der Waals surface area contributed by atoms with Gasteiger partial charge in [-0.3, -0.25) is 4.79 Å². The van der Waals surface area contributed by atoms with Crippen molar-refractivity contribution < 1.29 is 18.3 Å². The second kappa shape index (κ2) is 6.28. The van der Waals surface area contributed by atoms with Crippen molar-refractivity contribution in [3.63, 3.8) is 0 Å². The molecule has 0 fully saturated rings. The lowest BCUT2D eigenvalue weighted by Crippen LogP contribution is -2.40. The summed E-state index contributed by atoms with van der Waals surface area (Å²) in [4.78, 5) is 10.5. The van der Waals surface area contributed by atoms with Gasteiger partial charge in [-0.05, 0) is 18.6 Å². The minimum Gasteiger partial charge on any atom is -0.480 e. The Bertz CT molecular complexity index is 580. The van der Waals surface area contributed by atoms with Crippen LogP contribution in [0.25, 0.3) is 0 Å². The van der Waals surface area contributed by atoms with E-state index in [1.54, 1.807) is 0 Å². The van der Waals surface area contributed by atoms with E-state index >= 15 is 0 Å². The lowest BCUT2D eigenvalue weighted by atomic mass is 10.2. The van der Waals surface area contributed by atoms with Gasteiger partial charge in [-0.1, -0.05) is 41.7 Å². The molecule has 106 valence electrons. The lowest BCUT2D eigenvalue weighted by Gasteiger charge is -2.14. The van der Waals surface area contributed by atoms with Crippen molar-refractivity contribution in [1.82, 2.24) is 4.72 Å². The summed E-state index contributed by atoms with van der Waals surface area (Å²) in [7, 11) is -4.15. The number of carbonyl (C=O) groups is 1. The maximum atomic E-state index is 12.1. The zero-order valence-corrected chi connectivity index (χ0v) is 12.7. The average molecular weight is 347 g/mol. The predicted octanol–water partition coefficient (Wildman–Crippen LogP) is 2.79. The molecule has 0 radical (unpaired) electrons. The molecular weight excluding hydrogens is 337 g/mol. The third-order valence-electron chi connectivity index (χ3n) is 2.24. The second-order valence-electron chi connectivity index (χ2n) is 3.62. The molecule has 0 saturated heterocycles. The highest BCUT2D eigenvalue weighted by molar-refractivity contribution is 7.89. The van der Waals surface area contributed by atoms with Crippen LogP contribution in [-0.2, 0) is 14.8 Å². The molecule has 0 saturated carbocycles. The minimum absolute atomic E-state index is 0.0807. The third-order valence-corrected chi connectivity index (χ3v) is 4.85. The van der Waals surface area contributed by atoms with Gasteiger partial charge in [-0.2, -0.15) is 4.72 Å². The van der Waals surface area contributed by atoms with Crippen LogP contribution in [0.3, 0.4) is 0 Å². The molecule has 0 aliphatic rings. The van der Waals surface area contributed by atoms with E-state index < -0.39 is 22.0 Å². The van der Waals surface area contributed by atoms with E-state index in [9.17, 15) is 13.2 Å². The van der Waals surface area contributed by atoms with Gasteiger partial charge in [0, 0.05) is 5.02 Å². The molecule has 1 aromatic rings. The van der Waals surface area contributed by atoms with Gasteiger partial charge >= 0.3 is 5.97 Å². The summed E-state index contributed by atoms with van der Waals surface area (Å²) < 4.78 is 26.2. The maximum absolute atomic E-state index is 12.1. The number of hydrogen-bond acceptors (Lipinski definition) is 3. The van der Waals surface area contributed by atoms with E-state index in [2.05, 4.69) is 0 Å². The number of rotatable bonds is 5. The number of sulfonamides is 1. The molecule has 1 atom stereocenters. The molecule has 19 heavy (non-hydrogen) atoms. The monoisotopic (exact) mass is 345 g/mol. The molecule has 0 aliphatic heterocycles. The Labute approximate surface area is 125 Å². The van der Waals surface area contributed by atoms with E-state index in [-0.39, 0.29) is 26.4 Å². The van der Waals surface area contributed by atoms with E-state index in [4.69, 9.17) is 39.9 Å². The molecule has 0 amide bonds. The smallest absolute Gasteiger partial charge is 0.321 e. The van der Waals surface area contributed by atoms with Crippen LogP contribution in [0, 0.1) is 0 Å². The van der Waals surface area contributed by atoms with Crippen LogP contribution in [0.1, 0.15) is 13.3 Å². The van der Waals surface area contributed by atoms with Crippen molar-refractivity contribution in [3.8, 4) is 0 Å². The maximum Gasteiger partial charge on any atom is 0.321 e. The second-order valence-corrected chi connectivity index (χ2v) is 6.52. The highest BCUT2D eigenvalue weighted by Crippen LogP contribution is 2.32. The largest absolute Gasteiger partial charge is 0.480 e. The molecule has 5 nitrogen and oxygen atoms in total. The summed E-state index contributed by atoms with van der Waals surface area (Å²) in [6.45, 7) is 1.53.